The van der Waals surface area contributed by atoms with Crippen LogP contribution in [0.25, 0.3) is 10.9 Å². The van der Waals surface area contributed by atoms with E-state index in [1.54, 1.807) is 18.2 Å². The van der Waals surface area contributed by atoms with Crippen LogP contribution in [-0.4, -0.2) is 20.4 Å². The van der Waals surface area contributed by atoms with Crippen molar-refractivity contribution in [1.29, 1.82) is 0 Å². The van der Waals surface area contributed by atoms with Crippen LogP contribution in [0.2, 0.25) is 0 Å². The Morgan fingerprint density at radius 1 is 1.25 bits per heavy atom. The number of thiazole rings is 1. The number of hydrogen-bond donors (Lipinski definition) is 1. The summed E-state index contributed by atoms with van der Waals surface area (Å²) < 4.78 is 1.32. The highest BCUT2D eigenvalue weighted by Gasteiger charge is 2.16. The fourth-order valence-corrected chi connectivity index (χ4v) is 4.00. The normalized spacial score (nSPS) is 13.7. The van der Waals surface area contributed by atoms with E-state index >= 15 is 0 Å². The highest BCUT2D eigenvalue weighted by molar-refractivity contribution is 7.15. The van der Waals surface area contributed by atoms with Crippen LogP contribution in [0.1, 0.15) is 23.4 Å². The van der Waals surface area contributed by atoms with Crippen molar-refractivity contribution < 1.29 is 4.79 Å². The molecule has 1 amide bonds. The molecule has 2 heterocycles. The van der Waals surface area contributed by atoms with Gasteiger partial charge in [-0.3, -0.25) is 14.2 Å². The fraction of sp³-hybridized carbons (Fsp3) is 0.294. The minimum atomic E-state index is -0.264. The molecule has 0 saturated carbocycles. The molecule has 6 nitrogen and oxygen atoms in total. The third kappa shape index (κ3) is 2.82. The first-order chi connectivity index (χ1) is 11.7. The van der Waals surface area contributed by atoms with Crippen molar-refractivity contribution in [1.82, 2.24) is 14.5 Å². The lowest BCUT2D eigenvalue weighted by Crippen LogP contribution is -2.27. The molecule has 4 rings (SSSR count). The molecule has 0 bridgehead atoms. The third-order valence-electron chi connectivity index (χ3n) is 4.14. The van der Waals surface area contributed by atoms with Crippen molar-refractivity contribution in [2.45, 2.75) is 32.2 Å². The van der Waals surface area contributed by atoms with Gasteiger partial charge in [-0.1, -0.05) is 12.1 Å². The number of carbonyl (C=O) groups excluding carboxylic acids is 1. The van der Waals surface area contributed by atoms with Crippen LogP contribution in [0.5, 0.6) is 0 Å². The van der Waals surface area contributed by atoms with Gasteiger partial charge in [-0.25, -0.2) is 9.97 Å². The first-order valence-electron chi connectivity index (χ1n) is 7.93. The number of benzene rings is 1. The number of aryl methyl sites for hydroxylation is 2. The molecular weight excluding hydrogens is 324 g/mol. The quantitative estimate of drug-likeness (QED) is 0.794. The molecule has 122 valence electrons. The maximum Gasteiger partial charge on any atom is 0.261 e. The molecule has 0 saturated heterocycles. The smallest absolute Gasteiger partial charge is 0.261 e. The lowest BCUT2D eigenvalue weighted by molar-refractivity contribution is -0.116. The van der Waals surface area contributed by atoms with E-state index in [0.717, 1.165) is 25.0 Å². The van der Waals surface area contributed by atoms with E-state index in [-0.39, 0.29) is 18.0 Å². The summed E-state index contributed by atoms with van der Waals surface area (Å²) in [6.07, 6.45) is 5.77. The summed E-state index contributed by atoms with van der Waals surface area (Å²) >= 11 is 1.53. The van der Waals surface area contributed by atoms with Crippen molar-refractivity contribution in [2.24, 2.45) is 0 Å². The van der Waals surface area contributed by atoms with Crippen LogP contribution in [-0.2, 0) is 24.2 Å². The lowest BCUT2D eigenvalue weighted by Gasteiger charge is -2.06. The van der Waals surface area contributed by atoms with Gasteiger partial charge in [0.25, 0.3) is 5.56 Å². The largest absolute Gasteiger partial charge is 0.300 e. The molecule has 0 spiro atoms. The third-order valence-corrected chi connectivity index (χ3v) is 5.21. The second-order valence-electron chi connectivity index (χ2n) is 5.84. The number of nitrogens with one attached hydrogen (secondary N) is 1. The van der Waals surface area contributed by atoms with Gasteiger partial charge >= 0.3 is 0 Å². The van der Waals surface area contributed by atoms with Gasteiger partial charge in [-0.05, 0) is 37.8 Å². The zero-order chi connectivity index (χ0) is 16.5. The van der Waals surface area contributed by atoms with Gasteiger partial charge in [0.05, 0.1) is 22.9 Å². The summed E-state index contributed by atoms with van der Waals surface area (Å²) in [4.78, 5) is 34.6. The monoisotopic (exact) mass is 340 g/mol. The van der Waals surface area contributed by atoms with E-state index in [2.05, 4.69) is 15.3 Å². The van der Waals surface area contributed by atoms with Crippen molar-refractivity contribution in [3.63, 3.8) is 0 Å². The predicted octanol–water partition coefficient (Wildman–Crippen LogP) is 2.37. The van der Waals surface area contributed by atoms with Gasteiger partial charge in [0.1, 0.15) is 6.54 Å². The molecule has 0 atom stereocenters. The fourth-order valence-electron chi connectivity index (χ4n) is 2.94. The molecule has 1 N–H and O–H groups in total. The summed E-state index contributed by atoms with van der Waals surface area (Å²) in [5, 5.41) is 3.93. The number of rotatable bonds is 3. The number of nitrogens with zero attached hydrogens (tertiary/aromatic N) is 3. The van der Waals surface area contributed by atoms with Gasteiger partial charge in [-0.2, -0.15) is 0 Å². The van der Waals surface area contributed by atoms with Gasteiger partial charge in [0.15, 0.2) is 5.13 Å². The first kappa shape index (κ1) is 15.0. The highest BCUT2D eigenvalue weighted by Crippen LogP contribution is 2.29. The molecule has 0 radical (unpaired) electrons. The van der Waals surface area contributed by atoms with Gasteiger partial charge in [0, 0.05) is 4.88 Å². The zero-order valence-corrected chi connectivity index (χ0v) is 13.8. The molecule has 1 aliphatic rings. The van der Waals surface area contributed by atoms with Gasteiger partial charge < -0.3 is 5.32 Å². The summed E-state index contributed by atoms with van der Waals surface area (Å²) in [5.41, 5.74) is 1.52. The second kappa shape index (κ2) is 6.16. The second-order valence-corrected chi connectivity index (χ2v) is 6.92. The van der Waals surface area contributed by atoms with Gasteiger partial charge in [0.2, 0.25) is 5.91 Å². The number of anilines is 1. The maximum atomic E-state index is 12.4. The van der Waals surface area contributed by atoms with E-state index < -0.39 is 0 Å². The minimum absolute atomic E-state index is 0.0685. The molecule has 7 heteroatoms. The number of fused-ring (bicyclic) bond motifs is 2. The maximum absolute atomic E-state index is 12.4. The predicted molar refractivity (Wildman–Crippen MR) is 93.4 cm³/mol. The number of amides is 1. The zero-order valence-electron chi connectivity index (χ0n) is 13.0. The van der Waals surface area contributed by atoms with E-state index in [9.17, 15) is 9.59 Å². The van der Waals surface area contributed by atoms with Crippen molar-refractivity contribution in [2.75, 3.05) is 5.32 Å². The van der Waals surface area contributed by atoms with Crippen LogP contribution in [0.4, 0.5) is 5.13 Å². The molecule has 0 unspecified atom stereocenters. The molecule has 3 aromatic rings. The van der Waals surface area contributed by atoms with E-state index in [4.69, 9.17) is 0 Å². The molecule has 24 heavy (non-hydrogen) atoms. The average molecular weight is 340 g/mol. The topological polar surface area (TPSA) is 76.9 Å². The van der Waals surface area contributed by atoms with E-state index in [0.29, 0.717) is 16.0 Å². The van der Waals surface area contributed by atoms with Crippen LogP contribution in [0.15, 0.2) is 35.4 Å². The van der Waals surface area contributed by atoms with Crippen LogP contribution in [0.3, 0.4) is 0 Å². The number of aromatic nitrogens is 3. The molecule has 1 aliphatic carbocycles. The number of carbonyl (C=O) groups is 1. The molecule has 0 aliphatic heterocycles. The summed E-state index contributed by atoms with van der Waals surface area (Å²) in [6.45, 7) is -0.0685. The standard InChI is InChI=1S/C17H16N4O2S/c22-15(20-17-19-13-7-3-4-8-14(13)24-17)9-21-10-18-12-6-2-1-5-11(12)16(21)23/h1-2,5-6,10H,3-4,7-9H2,(H,19,20,22). The average Bonchev–Trinajstić information content (AvgIpc) is 2.99. The Kier molecular flexibility index (Phi) is 3.86. The lowest BCUT2D eigenvalue weighted by atomic mass is 10.0. The first-order valence-corrected chi connectivity index (χ1v) is 8.75. The van der Waals surface area contributed by atoms with Crippen molar-refractivity contribution >= 4 is 33.3 Å². The Hall–Kier alpha value is -2.54. The Morgan fingerprint density at radius 3 is 2.96 bits per heavy atom. The Morgan fingerprint density at radius 2 is 2.08 bits per heavy atom. The van der Waals surface area contributed by atoms with Crippen LogP contribution >= 0.6 is 11.3 Å². The summed E-state index contributed by atoms with van der Waals surface area (Å²) in [5.74, 6) is -0.264. The molecular formula is C17H16N4O2S. The SMILES string of the molecule is O=C(Cn1cnc2ccccc2c1=O)Nc1nc2c(s1)CCCC2. The number of para-hydroxylation sites is 1. The minimum Gasteiger partial charge on any atom is -0.300 e. The van der Waals surface area contributed by atoms with E-state index in [1.807, 2.05) is 6.07 Å². The Bertz CT molecular complexity index is 953. The number of hydrogen-bond acceptors (Lipinski definition) is 5. The molecule has 1 aromatic carbocycles. The van der Waals surface area contributed by atoms with Gasteiger partial charge in [-0.15, -0.1) is 11.3 Å². The molecule has 0 fully saturated rings. The summed E-state index contributed by atoms with van der Waals surface area (Å²) in [6, 6.07) is 7.11. The summed E-state index contributed by atoms with van der Waals surface area (Å²) in [7, 11) is 0. The van der Waals surface area contributed by atoms with Crippen molar-refractivity contribution in [3.05, 3.63) is 51.5 Å². The Balaban J connectivity index is 1.53. The molecule has 2 aromatic heterocycles. The van der Waals surface area contributed by atoms with Crippen LogP contribution < -0.4 is 10.9 Å². The van der Waals surface area contributed by atoms with E-state index in [1.165, 1.54) is 33.5 Å². The highest BCUT2D eigenvalue weighted by atomic mass is 32.1. The van der Waals surface area contributed by atoms with Crippen LogP contribution in [0, 0.1) is 0 Å². The Labute approximate surface area is 142 Å². The van der Waals surface area contributed by atoms with Crippen molar-refractivity contribution in [3.8, 4) is 0 Å².